The van der Waals surface area contributed by atoms with Gasteiger partial charge < -0.3 is 10.6 Å². The summed E-state index contributed by atoms with van der Waals surface area (Å²) >= 11 is 0. The first-order valence-electron chi connectivity index (χ1n) is 4.83. The lowest BCUT2D eigenvalue weighted by Crippen LogP contribution is -2.33. The molecule has 0 saturated heterocycles. The zero-order valence-electron chi connectivity index (χ0n) is 7.53. The molecule has 0 amide bonds. The van der Waals surface area contributed by atoms with Crippen LogP contribution in [0.25, 0.3) is 0 Å². The summed E-state index contributed by atoms with van der Waals surface area (Å²) in [5.41, 5.74) is 5.60. The Morgan fingerprint density at radius 3 is 2.54 bits per heavy atom. The van der Waals surface area contributed by atoms with Gasteiger partial charge in [-0.05, 0) is 18.8 Å². The van der Waals surface area contributed by atoms with E-state index in [4.69, 9.17) is 5.73 Å². The first kappa shape index (κ1) is 8.53. The Kier molecular flexibility index (Phi) is 2.20. The van der Waals surface area contributed by atoms with Crippen LogP contribution in [0.5, 0.6) is 0 Å². The molecule has 13 heavy (non-hydrogen) atoms. The minimum Gasteiger partial charge on any atom is -0.384 e. The lowest BCUT2D eigenvalue weighted by molar-refractivity contribution is -0.145. The highest BCUT2D eigenvalue weighted by Gasteiger charge is 2.38. The molecule has 0 spiro atoms. The predicted molar refractivity (Wildman–Crippen MR) is 47.8 cm³/mol. The molecule has 2 aliphatic rings. The molecule has 1 atom stereocenters. The summed E-state index contributed by atoms with van der Waals surface area (Å²) in [6.07, 6.45) is 5.82. The quantitative estimate of drug-likeness (QED) is 0.615. The molecule has 1 fully saturated rings. The maximum atomic E-state index is 11.3. The van der Waals surface area contributed by atoms with Gasteiger partial charge in [0.1, 0.15) is 5.92 Å². The number of carbonyl (C=O) groups is 1. The van der Waals surface area contributed by atoms with E-state index >= 15 is 0 Å². The summed E-state index contributed by atoms with van der Waals surface area (Å²) < 4.78 is 0. The van der Waals surface area contributed by atoms with Crippen LogP contribution in [0.3, 0.4) is 0 Å². The number of rotatable bonds is 1. The number of nitrogens with zero attached hydrogens (tertiary/aromatic N) is 1. The van der Waals surface area contributed by atoms with E-state index < -0.39 is 0 Å². The average molecular weight is 182 g/mol. The van der Waals surface area contributed by atoms with Gasteiger partial charge in [-0.3, -0.25) is 0 Å². The Balaban J connectivity index is 2.05. The van der Waals surface area contributed by atoms with Gasteiger partial charge in [0.2, 0.25) is 0 Å². The highest BCUT2D eigenvalue weighted by Crippen LogP contribution is 2.32. The minimum atomic E-state index is -0.260. The van der Waals surface area contributed by atoms with Crippen LogP contribution in [0.2, 0.25) is 0 Å². The van der Waals surface area contributed by atoms with E-state index in [1.807, 2.05) is 0 Å². The lowest BCUT2D eigenvalue weighted by atomic mass is 9.80. The summed E-state index contributed by atoms with van der Waals surface area (Å²) in [7, 11) is 0. The third-order valence-electron chi connectivity index (χ3n) is 2.93. The number of carbonyl (C=O) groups excluding carboxylic acids is 1. The van der Waals surface area contributed by atoms with Crippen LogP contribution in [0.15, 0.2) is 5.16 Å². The van der Waals surface area contributed by atoms with Crippen LogP contribution >= 0.6 is 0 Å². The van der Waals surface area contributed by atoms with Crippen molar-refractivity contribution < 1.29 is 9.63 Å². The lowest BCUT2D eigenvalue weighted by Gasteiger charge is -2.24. The molecule has 1 aliphatic carbocycles. The van der Waals surface area contributed by atoms with Crippen molar-refractivity contribution in [3.8, 4) is 0 Å². The topological polar surface area (TPSA) is 64.7 Å². The molecule has 1 unspecified atom stereocenters. The van der Waals surface area contributed by atoms with Crippen LogP contribution in [-0.4, -0.2) is 11.8 Å². The van der Waals surface area contributed by atoms with E-state index in [1.54, 1.807) is 0 Å². The molecular weight excluding hydrogens is 168 g/mol. The van der Waals surface area contributed by atoms with Crippen LogP contribution in [0.1, 0.15) is 32.1 Å². The fourth-order valence-corrected chi connectivity index (χ4v) is 2.23. The van der Waals surface area contributed by atoms with Gasteiger partial charge >= 0.3 is 5.97 Å². The highest BCUT2D eigenvalue weighted by atomic mass is 16.7. The van der Waals surface area contributed by atoms with Crippen molar-refractivity contribution in [1.82, 2.24) is 0 Å². The average Bonchev–Trinajstić information content (AvgIpc) is 2.48. The van der Waals surface area contributed by atoms with E-state index in [1.165, 1.54) is 19.3 Å². The van der Waals surface area contributed by atoms with Crippen LogP contribution < -0.4 is 5.73 Å². The summed E-state index contributed by atoms with van der Waals surface area (Å²) in [6, 6.07) is 0. The summed E-state index contributed by atoms with van der Waals surface area (Å²) in [4.78, 5) is 15.8. The number of amidine groups is 1. The molecule has 1 heterocycles. The molecule has 4 nitrogen and oxygen atoms in total. The first-order chi connectivity index (χ1) is 6.29. The van der Waals surface area contributed by atoms with Gasteiger partial charge in [0.05, 0.1) is 0 Å². The zero-order chi connectivity index (χ0) is 9.26. The Labute approximate surface area is 77.1 Å². The fraction of sp³-hybridized carbons (Fsp3) is 0.778. The smallest absolute Gasteiger partial charge is 0.346 e. The van der Waals surface area contributed by atoms with Gasteiger partial charge in [0.15, 0.2) is 5.84 Å². The zero-order valence-corrected chi connectivity index (χ0v) is 7.53. The maximum absolute atomic E-state index is 11.3. The second kappa shape index (κ2) is 3.36. The number of oxime groups is 1. The molecule has 1 aliphatic heterocycles. The van der Waals surface area contributed by atoms with Gasteiger partial charge in [0, 0.05) is 0 Å². The molecular formula is C9H14N2O2. The SMILES string of the molecule is NC1=NOC(=O)C1C1CCCCC1. The normalized spacial score (nSPS) is 30.0. The molecule has 4 heteroatoms. The van der Waals surface area contributed by atoms with Crippen molar-refractivity contribution in [2.45, 2.75) is 32.1 Å². The molecule has 2 N–H and O–H groups in total. The monoisotopic (exact) mass is 182 g/mol. The summed E-state index contributed by atoms with van der Waals surface area (Å²) in [6.45, 7) is 0. The van der Waals surface area contributed by atoms with E-state index in [0.29, 0.717) is 11.8 Å². The Morgan fingerprint density at radius 2 is 2.00 bits per heavy atom. The Morgan fingerprint density at radius 1 is 1.31 bits per heavy atom. The summed E-state index contributed by atoms with van der Waals surface area (Å²) in [5.74, 6) is 0.231. The van der Waals surface area contributed by atoms with Crippen LogP contribution in [-0.2, 0) is 9.63 Å². The molecule has 2 rings (SSSR count). The van der Waals surface area contributed by atoms with E-state index in [9.17, 15) is 4.79 Å². The third-order valence-corrected chi connectivity index (χ3v) is 2.93. The molecule has 0 bridgehead atoms. The Bertz CT molecular complexity index is 244. The van der Waals surface area contributed by atoms with Gasteiger partial charge in [-0.2, -0.15) is 0 Å². The molecule has 72 valence electrons. The van der Waals surface area contributed by atoms with Gasteiger partial charge in [-0.1, -0.05) is 24.4 Å². The standard InChI is InChI=1S/C9H14N2O2/c10-8-7(9(12)13-11-8)6-4-2-1-3-5-6/h6-7H,1-5H2,(H2,10,11). The van der Waals surface area contributed by atoms with Gasteiger partial charge in [0.25, 0.3) is 0 Å². The third kappa shape index (κ3) is 1.53. The van der Waals surface area contributed by atoms with Crippen molar-refractivity contribution in [2.75, 3.05) is 0 Å². The van der Waals surface area contributed by atoms with Crippen molar-refractivity contribution in [3.05, 3.63) is 0 Å². The van der Waals surface area contributed by atoms with Crippen LogP contribution in [0.4, 0.5) is 0 Å². The van der Waals surface area contributed by atoms with Crippen molar-refractivity contribution in [1.29, 1.82) is 0 Å². The molecule has 0 aromatic carbocycles. The minimum absolute atomic E-state index is 0.250. The molecule has 1 saturated carbocycles. The summed E-state index contributed by atoms with van der Waals surface area (Å²) in [5, 5.41) is 3.52. The first-order valence-corrected chi connectivity index (χ1v) is 4.83. The van der Waals surface area contributed by atoms with Crippen molar-refractivity contribution >= 4 is 11.8 Å². The Hall–Kier alpha value is -1.06. The van der Waals surface area contributed by atoms with Gasteiger partial charge in [-0.25, -0.2) is 4.79 Å². The van der Waals surface area contributed by atoms with Crippen LogP contribution in [0, 0.1) is 11.8 Å². The fourth-order valence-electron chi connectivity index (χ4n) is 2.23. The molecule has 0 aromatic heterocycles. The second-order valence-corrected chi connectivity index (χ2v) is 3.80. The second-order valence-electron chi connectivity index (χ2n) is 3.80. The number of hydrogen-bond donors (Lipinski definition) is 1. The predicted octanol–water partition coefficient (Wildman–Crippen LogP) is 1.01. The van der Waals surface area contributed by atoms with E-state index in [0.717, 1.165) is 12.8 Å². The highest BCUT2D eigenvalue weighted by molar-refractivity contribution is 6.03. The molecule has 0 aromatic rings. The van der Waals surface area contributed by atoms with Crippen molar-refractivity contribution in [3.63, 3.8) is 0 Å². The van der Waals surface area contributed by atoms with E-state index in [-0.39, 0.29) is 11.9 Å². The van der Waals surface area contributed by atoms with Crippen molar-refractivity contribution in [2.24, 2.45) is 22.7 Å². The maximum Gasteiger partial charge on any atom is 0.346 e. The number of hydrogen-bond acceptors (Lipinski definition) is 4. The van der Waals surface area contributed by atoms with Gasteiger partial charge in [-0.15, -0.1) is 0 Å². The largest absolute Gasteiger partial charge is 0.384 e. The van der Waals surface area contributed by atoms with E-state index in [2.05, 4.69) is 9.99 Å². The molecule has 0 radical (unpaired) electrons. The number of nitrogens with two attached hydrogens (primary N) is 1.